The number of anilines is 1. The quantitative estimate of drug-likeness (QED) is 0.707. The Morgan fingerprint density at radius 1 is 1.33 bits per heavy atom. The molecular formula is C20H21FN4OS. The van der Waals surface area contributed by atoms with Crippen LogP contribution in [0.15, 0.2) is 47.8 Å². The van der Waals surface area contributed by atoms with Crippen molar-refractivity contribution in [3.63, 3.8) is 0 Å². The molecule has 5 nitrogen and oxygen atoms in total. The second-order valence-corrected chi connectivity index (χ2v) is 7.79. The Labute approximate surface area is 161 Å². The van der Waals surface area contributed by atoms with Gasteiger partial charge in [0, 0.05) is 30.1 Å². The molecule has 3 heterocycles. The Bertz CT molecular complexity index is 891. The molecule has 1 aliphatic heterocycles. The second-order valence-electron chi connectivity index (χ2n) is 6.76. The molecule has 1 fully saturated rings. The maximum Gasteiger partial charge on any atom is 0.225 e. The van der Waals surface area contributed by atoms with Crippen molar-refractivity contribution < 1.29 is 9.18 Å². The Hall–Kier alpha value is -2.67. The van der Waals surface area contributed by atoms with Crippen LogP contribution >= 0.6 is 11.3 Å². The van der Waals surface area contributed by atoms with Gasteiger partial charge in [0.15, 0.2) is 5.82 Å². The van der Waals surface area contributed by atoms with Crippen LogP contribution in [-0.2, 0) is 11.2 Å². The fourth-order valence-electron chi connectivity index (χ4n) is 3.40. The Balaban J connectivity index is 1.38. The summed E-state index contributed by atoms with van der Waals surface area (Å²) >= 11 is 1.60. The summed E-state index contributed by atoms with van der Waals surface area (Å²) in [4.78, 5) is 15.5. The van der Waals surface area contributed by atoms with E-state index in [1.54, 1.807) is 23.5 Å². The number of H-pyrrole nitrogens is 1. The fraction of sp³-hybridized carbons (Fsp3) is 0.300. The van der Waals surface area contributed by atoms with Crippen LogP contribution in [0.1, 0.15) is 17.7 Å². The van der Waals surface area contributed by atoms with E-state index in [1.165, 1.54) is 12.1 Å². The summed E-state index contributed by atoms with van der Waals surface area (Å²) in [6.45, 7) is 1.65. The third-order valence-electron chi connectivity index (χ3n) is 4.74. The lowest BCUT2D eigenvalue weighted by Gasteiger charge is -2.33. The molecule has 1 amide bonds. The van der Waals surface area contributed by atoms with Gasteiger partial charge in [0.1, 0.15) is 5.82 Å². The van der Waals surface area contributed by atoms with E-state index >= 15 is 0 Å². The van der Waals surface area contributed by atoms with Crippen molar-refractivity contribution in [1.82, 2.24) is 15.5 Å². The second kappa shape index (κ2) is 7.92. The molecule has 1 aliphatic rings. The zero-order valence-corrected chi connectivity index (χ0v) is 15.6. The summed E-state index contributed by atoms with van der Waals surface area (Å²) in [5.41, 5.74) is 1.75. The van der Waals surface area contributed by atoms with Gasteiger partial charge in [0.25, 0.3) is 0 Å². The highest BCUT2D eigenvalue weighted by molar-refractivity contribution is 7.10. The minimum absolute atomic E-state index is 0.0679. The van der Waals surface area contributed by atoms with E-state index in [0.717, 1.165) is 47.9 Å². The van der Waals surface area contributed by atoms with E-state index in [1.807, 2.05) is 23.6 Å². The SMILES string of the molecule is O=C(Cc1cccs1)N[C@H]1CCCN(c2cc(-c3ccc(F)cc3)[nH]n2)C1. The molecule has 1 aromatic carbocycles. The maximum absolute atomic E-state index is 13.1. The predicted octanol–water partition coefficient (Wildman–Crippen LogP) is 3.61. The van der Waals surface area contributed by atoms with Gasteiger partial charge in [0.2, 0.25) is 5.91 Å². The summed E-state index contributed by atoms with van der Waals surface area (Å²) in [6.07, 6.45) is 2.41. The molecule has 1 atom stereocenters. The van der Waals surface area contributed by atoms with Gasteiger partial charge in [-0.25, -0.2) is 4.39 Å². The molecule has 2 aromatic heterocycles. The van der Waals surface area contributed by atoms with Gasteiger partial charge in [-0.2, -0.15) is 5.10 Å². The van der Waals surface area contributed by atoms with Crippen LogP contribution in [0.25, 0.3) is 11.3 Å². The molecule has 0 saturated carbocycles. The Morgan fingerprint density at radius 3 is 2.96 bits per heavy atom. The largest absolute Gasteiger partial charge is 0.353 e. The van der Waals surface area contributed by atoms with Gasteiger partial charge in [0.05, 0.1) is 12.1 Å². The number of hydrogen-bond donors (Lipinski definition) is 2. The van der Waals surface area contributed by atoms with E-state index in [0.29, 0.717) is 6.42 Å². The number of rotatable bonds is 5. The van der Waals surface area contributed by atoms with Crippen molar-refractivity contribution in [2.24, 2.45) is 0 Å². The number of halogens is 1. The lowest BCUT2D eigenvalue weighted by molar-refractivity contribution is -0.121. The first-order valence-electron chi connectivity index (χ1n) is 9.05. The summed E-state index contributed by atoms with van der Waals surface area (Å²) < 4.78 is 13.1. The van der Waals surface area contributed by atoms with Crippen LogP contribution < -0.4 is 10.2 Å². The smallest absolute Gasteiger partial charge is 0.225 e. The van der Waals surface area contributed by atoms with Gasteiger partial charge >= 0.3 is 0 Å². The summed E-state index contributed by atoms with van der Waals surface area (Å²) in [6, 6.07) is 12.4. The summed E-state index contributed by atoms with van der Waals surface area (Å²) in [5.74, 6) is 0.667. The number of piperidine rings is 1. The average Bonchev–Trinajstić information content (AvgIpc) is 3.34. The predicted molar refractivity (Wildman–Crippen MR) is 105 cm³/mol. The van der Waals surface area contributed by atoms with Crippen LogP contribution in [0.5, 0.6) is 0 Å². The van der Waals surface area contributed by atoms with Gasteiger partial charge in [-0.15, -0.1) is 11.3 Å². The first-order valence-corrected chi connectivity index (χ1v) is 9.93. The molecule has 140 valence electrons. The van der Waals surface area contributed by atoms with Crippen molar-refractivity contribution in [3.05, 3.63) is 58.5 Å². The lowest BCUT2D eigenvalue weighted by Crippen LogP contribution is -2.48. The number of carbonyl (C=O) groups is 1. The molecule has 27 heavy (non-hydrogen) atoms. The lowest BCUT2D eigenvalue weighted by atomic mass is 10.1. The molecular weight excluding hydrogens is 363 g/mol. The van der Waals surface area contributed by atoms with Gasteiger partial charge in [-0.1, -0.05) is 6.07 Å². The zero-order chi connectivity index (χ0) is 18.6. The maximum atomic E-state index is 13.1. The minimum Gasteiger partial charge on any atom is -0.353 e. The Kier molecular flexibility index (Phi) is 5.20. The fourth-order valence-corrected chi connectivity index (χ4v) is 4.11. The number of aromatic nitrogens is 2. The molecule has 4 rings (SSSR count). The van der Waals surface area contributed by atoms with E-state index in [-0.39, 0.29) is 17.8 Å². The summed E-state index contributed by atoms with van der Waals surface area (Å²) in [7, 11) is 0. The highest BCUT2D eigenvalue weighted by Gasteiger charge is 2.23. The third kappa shape index (κ3) is 4.36. The number of amides is 1. The normalized spacial score (nSPS) is 17.1. The standard InChI is InChI=1S/C20H21FN4OS/c21-15-7-5-14(6-8-15)18-12-19(24-23-18)25-9-1-3-16(13-25)22-20(26)11-17-4-2-10-27-17/h2,4-8,10,12,16H,1,3,9,11,13H2,(H,22,26)(H,23,24)/t16-/m0/s1. The first kappa shape index (κ1) is 17.7. The highest BCUT2D eigenvalue weighted by atomic mass is 32.1. The molecule has 2 N–H and O–H groups in total. The van der Waals surface area contributed by atoms with Gasteiger partial charge in [-0.05, 0) is 54.1 Å². The van der Waals surface area contributed by atoms with Crippen molar-refractivity contribution in [1.29, 1.82) is 0 Å². The number of aromatic amines is 1. The van der Waals surface area contributed by atoms with Crippen LogP contribution in [-0.4, -0.2) is 35.2 Å². The molecule has 0 spiro atoms. The molecule has 0 bridgehead atoms. The average molecular weight is 384 g/mol. The third-order valence-corrected chi connectivity index (χ3v) is 5.62. The van der Waals surface area contributed by atoms with Gasteiger partial charge in [-0.3, -0.25) is 9.89 Å². The molecule has 1 saturated heterocycles. The number of thiophene rings is 1. The molecule has 0 radical (unpaired) electrons. The van der Waals surface area contributed by atoms with E-state index in [9.17, 15) is 9.18 Å². The molecule has 7 heteroatoms. The van der Waals surface area contributed by atoms with Crippen molar-refractivity contribution in [2.75, 3.05) is 18.0 Å². The van der Waals surface area contributed by atoms with E-state index < -0.39 is 0 Å². The van der Waals surface area contributed by atoms with Crippen LogP contribution in [0.2, 0.25) is 0 Å². The van der Waals surface area contributed by atoms with Gasteiger partial charge < -0.3 is 10.2 Å². The highest BCUT2D eigenvalue weighted by Crippen LogP contribution is 2.24. The van der Waals surface area contributed by atoms with Crippen LogP contribution in [0.4, 0.5) is 10.2 Å². The minimum atomic E-state index is -0.254. The number of nitrogens with one attached hydrogen (secondary N) is 2. The first-order chi connectivity index (χ1) is 13.2. The molecule has 0 aliphatic carbocycles. The van der Waals surface area contributed by atoms with Crippen molar-refractivity contribution in [3.8, 4) is 11.3 Å². The number of hydrogen-bond acceptors (Lipinski definition) is 4. The Morgan fingerprint density at radius 2 is 2.19 bits per heavy atom. The summed E-state index contributed by atoms with van der Waals surface area (Å²) in [5, 5.41) is 12.6. The van der Waals surface area contributed by atoms with Crippen molar-refractivity contribution in [2.45, 2.75) is 25.3 Å². The number of nitrogens with zero attached hydrogens (tertiary/aromatic N) is 2. The number of benzene rings is 1. The van der Waals surface area contributed by atoms with Crippen LogP contribution in [0.3, 0.4) is 0 Å². The number of carbonyl (C=O) groups excluding carboxylic acids is 1. The van der Waals surface area contributed by atoms with E-state index in [4.69, 9.17) is 0 Å². The van der Waals surface area contributed by atoms with Crippen LogP contribution in [0, 0.1) is 5.82 Å². The molecule has 0 unspecified atom stereocenters. The van der Waals surface area contributed by atoms with E-state index in [2.05, 4.69) is 20.4 Å². The molecule has 3 aromatic rings. The monoisotopic (exact) mass is 384 g/mol. The van der Waals surface area contributed by atoms with Crippen molar-refractivity contribution >= 4 is 23.1 Å². The topological polar surface area (TPSA) is 61.0 Å². The zero-order valence-electron chi connectivity index (χ0n) is 14.8.